The highest BCUT2D eigenvalue weighted by Gasteiger charge is 2.32. The van der Waals surface area contributed by atoms with E-state index in [1.165, 1.54) is 48.5 Å². The molecule has 40 heavy (non-hydrogen) atoms. The highest BCUT2D eigenvalue weighted by molar-refractivity contribution is 5.83. The van der Waals surface area contributed by atoms with E-state index in [0.717, 1.165) is 21.3 Å². The van der Waals surface area contributed by atoms with Crippen LogP contribution in [0.25, 0.3) is 22.8 Å². The molecule has 3 heterocycles. The summed E-state index contributed by atoms with van der Waals surface area (Å²) in [4.78, 5) is 35.2. The summed E-state index contributed by atoms with van der Waals surface area (Å²) >= 11 is 0. The Morgan fingerprint density at radius 2 is 1.82 bits per heavy atom. The molecule has 3 aromatic heterocycles. The van der Waals surface area contributed by atoms with Gasteiger partial charge in [0.25, 0.3) is 0 Å². The molecule has 0 saturated carbocycles. The third-order valence-electron chi connectivity index (χ3n) is 6.08. The fraction of sp³-hybridized carbons (Fsp3) is 0.111. The van der Waals surface area contributed by atoms with E-state index in [1.54, 1.807) is 30.3 Å². The molecular formula is C27H19F3N8O2. The number of hydrogen-bond acceptors (Lipinski definition) is 6. The van der Waals surface area contributed by atoms with Gasteiger partial charge in [0.1, 0.15) is 5.69 Å². The lowest BCUT2D eigenvalue weighted by atomic mass is 10.2. The van der Waals surface area contributed by atoms with Crippen LogP contribution in [0.2, 0.25) is 0 Å². The summed E-state index contributed by atoms with van der Waals surface area (Å²) in [6.45, 7) is 1.47. The molecule has 1 amide bonds. The summed E-state index contributed by atoms with van der Waals surface area (Å²) in [6, 6.07) is 13.5. The number of imidazole rings is 1. The van der Waals surface area contributed by atoms with Crippen molar-refractivity contribution in [1.29, 1.82) is 5.26 Å². The van der Waals surface area contributed by atoms with E-state index in [4.69, 9.17) is 5.26 Å². The van der Waals surface area contributed by atoms with Crippen LogP contribution in [-0.4, -0.2) is 34.9 Å². The molecule has 5 rings (SSSR count). The van der Waals surface area contributed by atoms with E-state index in [2.05, 4.69) is 20.4 Å². The third kappa shape index (κ3) is 4.85. The van der Waals surface area contributed by atoms with Crippen molar-refractivity contribution in [2.24, 2.45) is 0 Å². The molecule has 2 aromatic carbocycles. The minimum Gasteiger partial charge on any atom is -0.332 e. The van der Waals surface area contributed by atoms with Gasteiger partial charge in [-0.2, -0.15) is 23.5 Å². The SMILES string of the molecule is Cc1c(-c2ccnn2-c2ccc(C#N)cc2)n(C(=O)NCc2cnccn2)c(=O)n1-c1cccc(C(F)(F)F)c1. The number of alkyl halides is 3. The lowest BCUT2D eigenvalue weighted by molar-refractivity contribution is -0.137. The normalized spacial score (nSPS) is 11.3. The first-order chi connectivity index (χ1) is 19.2. The second-order valence-corrected chi connectivity index (χ2v) is 8.58. The van der Waals surface area contributed by atoms with Crippen molar-refractivity contribution in [3.63, 3.8) is 0 Å². The van der Waals surface area contributed by atoms with Crippen LogP contribution in [0.15, 0.2) is 84.2 Å². The molecule has 0 spiro atoms. The fourth-order valence-corrected chi connectivity index (χ4v) is 4.25. The first-order valence-corrected chi connectivity index (χ1v) is 11.8. The second-order valence-electron chi connectivity index (χ2n) is 8.58. The highest BCUT2D eigenvalue weighted by atomic mass is 19.4. The summed E-state index contributed by atoms with van der Waals surface area (Å²) in [6.07, 6.45) is 1.19. The Balaban J connectivity index is 1.68. The number of rotatable bonds is 5. The van der Waals surface area contributed by atoms with Crippen molar-refractivity contribution in [2.45, 2.75) is 19.6 Å². The van der Waals surface area contributed by atoms with Crippen LogP contribution in [0.4, 0.5) is 18.0 Å². The van der Waals surface area contributed by atoms with Gasteiger partial charge in [0, 0.05) is 12.4 Å². The number of carbonyl (C=O) groups is 1. The summed E-state index contributed by atoms with van der Waals surface area (Å²) in [5.74, 6) is 0. The maximum Gasteiger partial charge on any atom is 0.416 e. The van der Waals surface area contributed by atoms with Crippen LogP contribution < -0.4 is 11.0 Å². The van der Waals surface area contributed by atoms with Crippen LogP contribution >= 0.6 is 0 Å². The van der Waals surface area contributed by atoms with Gasteiger partial charge in [0.15, 0.2) is 0 Å². The zero-order chi connectivity index (χ0) is 28.4. The van der Waals surface area contributed by atoms with Gasteiger partial charge in [-0.15, -0.1) is 0 Å². The zero-order valence-corrected chi connectivity index (χ0v) is 20.8. The monoisotopic (exact) mass is 544 g/mol. The van der Waals surface area contributed by atoms with Gasteiger partial charge < -0.3 is 5.32 Å². The summed E-state index contributed by atoms with van der Waals surface area (Å²) in [5, 5.41) is 16.1. The van der Waals surface area contributed by atoms with E-state index in [9.17, 15) is 22.8 Å². The zero-order valence-electron chi connectivity index (χ0n) is 20.8. The number of nitrogens with one attached hydrogen (secondary N) is 1. The number of amides is 1. The molecule has 10 nitrogen and oxygen atoms in total. The fourth-order valence-electron chi connectivity index (χ4n) is 4.25. The molecule has 0 atom stereocenters. The van der Waals surface area contributed by atoms with Crippen molar-refractivity contribution in [3.05, 3.63) is 112 Å². The number of halogens is 3. The largest absolute Gasteiger partial charge is 0.416 e. The highest BCUT2D eigenvalue weighted by Crippen LogP contribution is 2.32. The standard InChI is InChI=1S/C27H19F3N8O2/c1-17-24(23-9-10-35-38(23)21-7-5-18(14-31)6-8-21)37(25(39)34-16-20-15-32-11-12-33-20)26(40)36(17)22-4-2-3-19(13-22)27(28,29)30/h2-13,15H,16H2,1H3,(H,34,39). The van der Waals surface area contributed by atoms with Gasteiger partial charge in [-0.05, 0) is 55.5 Å². The third-order valence-corrected chi connectivity index (χ3v) is 6.08. The maximum absolute atomic E-state index is 13.7. The number of nitriles is 1. The minimum absolute atomic E-state index is 0.0543. The van der Waals surface area contributed by atoms with Gasteiger partial charge in [0.05, 0.1) is 64.6 Å². The molecule has 0 aliphatic carbocycles. The molecule has 0 aliphatic heterocycles. The summed E-state index contributed by atoms with van der Waals surface area (Å²) in [5.41, 5.74) is 0.130. The van der Waals surface area contributed by atoms with Gasteiger partial charge in [0.2, 0.25) is 0 Å². The Labute approximate surface area is 224 Å². The first kappa shape index (κ1) is 26.1. The van der Waals surface area contributed by atoms with Gasteiger partial charge in [-0.25, -0.2) is 18.8 Å². The maximum atomic E-state index is 13.7. The van der Waals surface area contributed by atoms with Crippen molar-refractivity contribution in [1.82, 2.24) is 34.2 Å². The van der Waals surface area contributed by atoms with E-state index in [0.29, 0.717) is 22.6 Å². The second kappa shape index (κ2) is 10.3. The number of aromatic nitrogens is 6. The number of carbonyl (C=O) groups excluding carboxylic acids is 1. The van der Waals surface area contributed by atoms with Gasteiger partial charge in [-0.1, -0.05) is 6.07 Å². The quantitative estimate of drug-likeness (QED) is 0.353. The van der Waals surface area contributed by atoms with E-state index in [1.807, 2.05) is 6.07 Å². The predicted octanol–water partition coefficient (Wildman–Crippen LogP) is 4.24. The average molecular weight is 544 g/mol. The van der Waals surface area contributed by atoms with Crippen LogP contribution in [0.3, 0.4) is 0 Å². The van der Waals surface area contributed by atoms with Crippen molar-refractivity contribution < 1.29 is 18.0 Å². The molecule has 0 bridgehead atoms. The molecule has 0 unspecified atom stereocenters. The Hall–Kier alpha value is -5.51. The molecule has 0 fully saturated rings. The topological polar surface area (TPSA) is 123 Å². The van der Waals surface area contributed by atoms with Gasteiger partial charge in [-0.3, -0.25) is 14.5 Å². The summed E-state index contributed by atoms with van der Waals surface area (Å²) in [7, 11) is 0. The van der Waals surface area contributed by atoms with Crippen LogP contribution in [0.1, 0.15) is 22.5 Å². The summed E-state index contributed by atoms with van der Waals surface area (Å²) < 4.78 is 43.8. The van der Waals surface area contributed by atoms with Crippen molar-refractivity contribution in [3.8, 4) is 28.8 Å². The number of hydrogen-bond donors (Lipinski definition) is 1. The Bertz CT molecular complexity index is 1800. The smallest absolute Gasteiger partial charge is 0.332 e. The minimum atomic E-state index is -4.64. The lowest BCUT2D eigenvalue weighted by Crippen LogP contribution is -2.37. The van der Waals surface area contributed by atoms with Crippen LogP contribution in [0.5, 0.6) is 0 Å². The van der Waals surface area contributed by atoms with E-state index < -0.39 is 23.5 Å². The Morgan fingerprint density at radius 3 is 2.50 bits per heavy atom. The molecule has 0 radical (unpaired) electrons. The Morgan fingerprint density at radius 1 is 1.05 bits per heavy atom. The number of nitrogens with zero attached hydrogens (tertiary/aromatic N) is 7. The Kier molecular flexibility index (Phi) is 6.75. The molecule has 0 saturated heterocycles. The molecule has 0 aliphatic rings. The molecule has 13 heteroatoms. The average Bonchev–Trinajstić information content (AvgIpc) is 3.53. The molecular weight excluding hydrogens is 525 g/mol. The van der Waals surface area contributed by atoms with Crippen LogP contribution in [0, 0.1) is 18.3 Å². The van der Waals surface area contributed by atoms with E-state index in [-0.39, 0.29) is 23.6 Å². The molecule has 1 N–H and O–H groups in total. The van der Waals surface area contributed by atoms with Crippen molar-refractivity contribution in [2.75, 3.05) is 0 Å². The van der Waals surface area contributed by atoms with Crippen LogP contribution in [-0.2, 0) is 12.7 Å². The lowest BCUT2D eigenvalue weighted by Gasteiger charge is -2.12. The van der Waals surface area contributed by atoms with Gasteiger partial charge >= 0.3 is 17.9 Å². The van der Waals surface area contributed by atoms with Crippen molar-refractivity contribution >= 4 is 6.03 Å². The van der Waals surface area contributed by atoms with E-state index >= 15 is 0 Å². The number of benzene rings is 2. The molecule has 5 aromatic rings. The first-order valence-electron chi connectivity index (χ1n) is 11.8. The predicted molar refractivity (Wildman–Crippen MR) is 137 cm³/mol. The molecule has 200 valence electrons.